The number of nitrogens with zero attached hydrogens (tertiary/aromatic N) is 1. The Balaban J connectivity index is 2.30. The second-order valence-electron chi connectivity index (χ2n) is 4.62. The zero-order valence-electron chi connectivity index (χ0n) is 11.4. The number of anilines is 1. The van der Waals surface area contributed by atoms with Crippen LogP contribution in [0.3, 0.4) is 0 Å². The minimum absolute atomic E-state index is 0.154. The van der Waals surface area contributed by atoms with E-state index in [1.807, 2.05) is 6.92 Å². The number of nitrogens with one attached hydrogen (secondary N) is 1. The van der Waals surface area contributed by atoms with Gasteiger partial charge in [0.2, 0.25) is 0 Å². The van der Waals surface area contributed by atoms with E-state index >= 15 is 0 Å². The summed E-state index contributed by atoms with van der Waals surface area (Å²) < 4.78 is 13.1. The van der Waals surface area contributed by atoms with Crippen LogP contribution in [0.25, 0.3) is 0 Å². The molecule has 0 saturated heterocycles. The van der Waals surface area contributed by atoms with Gasteiger partial charge in [0.25, 0.3) is 5.69 Å². The number of halogens is 1. The lowest BCUT2D eigenvalue weighted by Gasteiger charge is -2.18. The van der Waals surface area contributed by atoms with Crippen LogP contribution in [0.2, 0.25) is 0 Å². The maximum Gasteiger partial charge on any atom is 0.295 e. The fraction of sp³-hybridized carbons (Fsp3) is 0.200. The maximum atomic E-state index is 13.1. The van der Waals surface area contributed by atoms with E-state index in [0.29, 0.717) is 6.42 Å². The van der Waals surface area contributed by atoms with E-state index in [0.717, 1.165) is 11.6 Å². The molecule has 0 saturated carbocycles. The number of nitro benzene ring substituents is 1. The van der Waals surface area contributed by atoms with Crippen molar-refractivity contribution in [2.24, 2.45) is 0 Å². The highest BCUT2D eigenvalue weighted by molar-refractivity contribution is 5.62. The lowest BCUT2D eigenvalue weighted by molar-refractivity contribution is -0.384. The Morgan fingerprint density at radius 1 is 1.29 bits per heavy atom. The van der Waals surface area contributed by atoms with Crippen molar-refractivity contribution in [2.45, 2.75) is 19.4 Å². The predicted octanol–water partition coefficient (Wildman–Crippen LogP) is 4.00. The maximum absolute atomic E-state index is 13.1. The summed E-state index contributed by atoms with van der Waals surface area (Å²) in [6.45, 7) is 1.93. The minimum atomic E-state index is -0.648. The SMILES string of the molecule is CCC(Nc1ccc(F)cc1[N+](=O)[O-])c1ccc(O)cc1. The van der Waals surface area contributed by atoms with E-state index in [1.165, 1.54) is 12.1 Å². The normalized spacial score (nSPS) is 11.9. The van der Waals surface area contributed by atoms with Crippen LogP contribution in [-0.4, -0.2) is 10.0 Å². The number of nitro groups is 1. The standard InChI is InChI=1S/C15H15FN2O3/c1-2-13(10-3-6-12(19)7-4-10)17-14-8-5-11(16)9-15(14)18(20)21/h3-9,13,17,19H,2H2,1H3. The molecule has 110 valence electrons. The number of phenolic OH excluding ortho intramolecular Hbond substituents is 1. The molecule has 0 aliphatic rings. The van der Waals surface area contributed by atoms with E-state index in [1.54, 1.807) is 24.3 Å². The van der Waals surface area contributed by atoms with Gasteiger partial charge in [0.05, 0.1) is 17.0 Å². The van der Waals surface area contributed by atoms with E-state index < -0.39 is 10.7 Å². The molecule has 2 rings (SSSR count). The zero-order valence-corrected chi connectivity index (χ0v) is 11.4. The molecule has 0 radical (unpaired) electrons. The van der Waals surface area contributed by atoms with Crippen molar-refractivity contribution in [3.63, 3.8) is 0 Å². The first-order valence-corrected chi connectivity index (χ1v) is 6.50. The molecule has 0 heterocycles. The summed E-state index contributed by atoms with van der Waals surface area (Å²) in [7, 11) is 0. The van der Waals surface area contributed by atoms with Gasteiger partial charge in [-0.15, -0.1) is 0 Å². The number of hydrogen-bond donors (Lipinski definition) is 2. The van der Waals surface area contributed by atoms with Crippen LogP contribution in [0.15, 0.2) is 42.5 Å². The summed E-state index contributed by atoms with van der Waals surface area (Å²) in [6, 6.07) is 9.85. The quantitative estimate of drug-likeness (QED) is 0.644. The van der Waals surface area contributed by atoms with Gasteiger partial charge >= 0.3 is 0 Å². The van der Waals surface area contributed by atoms with Crippen molar-refractivity contribution >= 4 is 11.4 Å². The third-order valence-corrected chi connectivity index (χ3v) is 3.19. The van der Waals surface area contributed by atoms with Crippen LogP contribution in [0.4, 0.5) is 15.8 Å². The van der Waals surface area contributed by atoms with E-state index in [2.05, 4.69) is 5.32 Å². The smallest absolute Gasteiger partial charge is 0.295 e. The van der Waals surface area contributed by atoms with Crippen LogP contribution >= 0.6 is 0 Å². The van der Waals surface area contributed by atoms with E-state index in [4.69, 9.17) is 0 Å². The van der Waals surface area contributed by atoms with Gasteiger partial charge in [0, 0.05) is 0 Å². The van der Waals surface area contributed by atoms with Gasteiger partial charge in [0.1, 0.15) is 17.3 Å². The first-order chi connectivity index (χ1) is 10.0. The van der Waals surface area contributed by atoms with Crippen LogP contribution in [0, 0.1) is 15.9 Å². The summed E-state index contributed by atoms with van der Waals surface area (Å²) in [4.78, 5) is 10.4. The van der Waals surface area contributed by atoms with Crippen LogP contribution in [0.1, 0.15) is 24.9 Å². The van der Waals surface area contributed by atoms with Crippen molar-refractivity contribution in [2.75, 3.05) is 5.32 Å². The van der Waals surface area contributed by atoms with Crippen molar-refractivity contribution in [1.82, 2.24) is 0 Å². The van der Waals surface area contributed by atoms with Crippen molar-refractivity contribution in [1.29, 1.82) is 0 Å². The molecule has 0 amide bonds. The Morgan fingerprint density at radius 3 is 2.52 bits per heavy atom. The van der Waals surface area contributed by atoms with Gasteiger partial charge in [-0.05, 0) is 36.2 Å². The Hall–Kier alpha value is -2.63. The highest BCUT2D eigenvalue weighted by Gasteiger charge is 2.18. The lowest BCUT2D eigenvalue weighted by atomic mass is 10.0. The number of phenols is 1. The number of hydrogen-bond acceptors (Lipinski definition) is 4. The molecule has 21 heavy (non-hydrogen) atoms. The number of benzene rings is 2. The number of aromatic hydroxyl groups is 1. The number of rotatable bonds is 5. The molecule has 0 bridgehead atoms. The molecular formula is C15H15FN2O3. The highest BCUT2D eigenvalue weighted by Crippen LogP contribution is 2.30. The molecule has 0 fully saturated rings. The summed E-state index contributed by atoms with van der Waals surface area (Å²) in [5, 5.41) is 23.3. The Bertz CT molecular complexity index is 644. The van der Waals surface area contributed by atoms with Crippen LogP contribution < -0.4 is 5.32 Å². The topological polar surface area (TPSA) is 75.4 Å². The molecule has 1 unspecified atom stereocenters. The summed E-state index contributed by atoms with van der Waals surface area (Å²) >= 11 is 0. The average Bonchev–Trinajstić information content (AvgIpc) is 2.47. The van der Waals surface area contributed by atoms with Crippen LogP contribution in [-0.2, 0) is 0 Å². The molecule has 2 aromatic rings. The summed E-state index contributed by atoms with van der Waals surface area (Å²) in [5.74, 6) is -0.494. The van der Waals surface area contributed by atoms with Gasteiger partial charge in [-0.2, -0.15) is 0 Å². The average molecular weight is 290 g/mol. The second kappa shape index (κ2) is 6.21. The van der Waals surface area contributed by atoms with Crippen molar-refractivity contribution in [3.05, 3.63) is 64.0 Å². The predicted molar refractivity (Wildman–Crippen MR) is 77.8 cm³/mol. The highest BCUT2D eigenvalue weighted by atomic mass is 19.1. The fourth-order valence-electron chi connectivity index (χ4n) is 2.09. The molecule has 0 aliphatic carbocycles. The minimum Gasteiger partial charge on any atom is -0.508 e. The zero-order chi connectivity index (χ0) is 15.4. The third kappa shape index (κ3) is 3.47. The van der Waals surface area contributed by atoms with Gasteiger partial charge in [-0.1, -0.05) is 19.1 Å². The molecule has 5 nitrogen and oxygen atoms in total. The van der Waals surface area contributed by atoms with Gasteiger partial charge in [0.15, 0.2) is 0 Å². The van der Waals surface area contributed by atoms with Crippen molar-refractivity contribution < 1.29 is 14.4 Å². The molecular weight excluding hydrogens is 275 g/mol. The molecule has 2 aromatic carbocycles. The molecule has 1 atom stereocenters. The van der Waals surface area contributed by atoms with E-state index in [-0.39, 0.29) is 23.2 Å². The Labute approximate surface area is 121 Å². The van der Waals surface area contributed by atoms with E-state index in [9.17, 15) is 19.6 Å². The third-order valence-electron chi connectivity index (χ3n) is 3.19. The van der Waals surface area contributed by atoms with Crippen LogP contribution in [0.5, 0.6) is 5.75 Å². The molecule has 0 aromatic heterocycles. The molecule has 0 spiro atoms. The Morgan fingerprint density at radius 2 is 1.95 bits per heavy atom. The lowest BCUT2D eigenvalue weighted by Crippen LogP contribution is -2.11. The first-order valence-electron chi connectivity index (χ1n) is 6.50. The summed E-state index contributed by atoms with van der Waals surface area (Å²) in [6.07, 6.45) is 0.680. The molecule has 2 N–H and O–H groups in total. The molecule has 0 aliphatic heterocycles. The summed E-state index contributed by atoms with van der Waals surface area (Å²) in [5.41, 5.74) is 0.850. The van der Waals surface area contributed by atoms with Crippen molar-refractivity contribution in [3.8, 4) is 5.75 Å². The fourth-order valence-corrected chi connectivity index (χ4v) is 2.09. The van der Waals surface area contributed by atoms with Gasteiger partial charge < -0.3 is 10.4 Å². The Kier molecular flexibility index (Phi) is 4.37. The first kappa shape index (κ1) is 14.8. The molecule has 6 heteroatoms. The van der Waals surface area contributed by atoms with Gasteiger partial charge in [-0.25, -0.2) is 4.39 Å². The second-order valence-corrected chi connectivity index (χ2v) is 4.62. The largest absolute Gasteiger partial charge is 0.508 e. The van der Waals surface area contributed by atoms with Gasteiger partial charge in [-0.3, -0.25) is 10.1 Å². The monoisotopic (exact) mass is 290 g/mol.